The third-order valence-corrected chi connectivity index (χ3v) is 6.93. The van der Waals surface area contributed by atoms with Crippen molar-refractivity contribution >= 4 is 21.8 Å². The van der Waals surface area contributed by atoms with E-state index in [1.807, 2.05) is 11.8 Å². The van der Waals surface area contributed by atoms with Gasteiger partial charge < -0.3 is 9.52 Å². The average Bonchev–Trinajstić information content (AvgIpc) is 2.73. The maximum atomic E-state index is 12.6. The van der Waals surface area contributed by atoms with Crippen LogP contribution in [0.25, 0.3) is 0 Å². The van der Waals surface area contributed by atoms with Crippen LogP contribution in [0.15, 0.2) is 9.31 Å². The molecule has 0 spiro atoms. The SMILES string of the molecule is CSC1CCC(NS(=O)(=O)c2c(C)oc(C)c2CO)CC1. The molecule has 21 heavy (non-hydrogen) atoms. The number of aliphatic hydroxyl groups is 1. The molecule has 1 aromatic heterocycles. The van der Waals surface area contributed by atoms with Gasteiger partial charge in [-0.15, -0.1) is 0 Å². The van der Waals surface area contributed by atoms with E-state index in [1.54, 1.807) is 13.8 Å². The first-order valence-corrected chi connectivity index (χ1v) is 9.91. The van der Waals surface area contributed by atoms with Gasteiger partial charge in [-0.3, -0.25) is 0 Å². The molecule has 1 aliphatic carbocycles. The summed E-state index contributed by atoms with van der Waals surface area (Å²) in [4.78, 5) is 0.106. The van der Waals surface area contributed by atoms with Crippen molar-refractivity contribution in [3.63, 3.8) is 0 Å². The van der Waals surface area contributed by atoms with Crippen molar-refractivity contribution < 1.29 is 17.9 Å². The number of nitrogens with one attached hydrogen (secondary N) is 1. The fourth-order valence-corrected chi connectivity index (χ4v) is 5.43. The van der Waals surface area contributed by atoms with Crippen LogP contribution in [0.2, 0.25) is 0 Å². The van der Waals surface area contributed by atoms with E-state index >= 15 is 0 Å². The van der Waals surface area contributed by atoms with E-state index in [1.165, 1.54) is 0 Å². The zero-order chi connectivity index (χ0) is 15.6. The molecular weight excluding hydrogens is 310 g/mol. The summed E-state index contributed by atoms with van der Waals surface area (Å²) in [6.45, 7) is 2.95. The minimum Gasteiger partial charge on any atom is -0.465 e. The minimum absolute atomic E-state index is 0.0282. The van der Waals surface area contributed by atoms with Crippen molar-refractivity contribution in [2.45, 2.75) is 62.3 Å². The van der Waals surface area contributed by atoms with Gasteiger partial charge in [-0.05, 0) is 45.8 Å². The lowest BCUT2D eigenvalue weighted by atomic mass is 9.96. The number of hydrogen-bond donors (Lipinski definition) is 2. The second-order valence-corrected chi connectivity index (χ2v) is 8.30. The quantitative estimate of drug-likeness (QED) is 0.864. The first kappa shape index (κ1) is 16.9. The van der Waals surface area contributed by atoms with E-state index in [9.17, 15) is 13.5 Å². The first-order valence-electron chi connectivity index (χ1n) is 7.14. The third-order valence-electron chi connectivity index (χ3n) is 4.08. The highest BCUT2D eigenvalue weighted by Crippen LogP contribution is 2.30. The van der Waals surface area contributed by atoms with Gasteiger partial charge in [-0.25, -0.2) is 13.1 Å². The highest BCUT2D eigenvalue weighted by molar-refractivity contribution is 7.99. The molecule has 5 nitrogen and oxygen atoms in total. The normalized spacial score (nSPS) is 23.4. The maximum Gasteiger partial charge on any atom is 0.244 e. The van der Waals surface area contributed by atoms with Gasteiger partial charge in [0.2, 0.25) is 10.0 Å². The molecule has 0 aromatic carbocycles. The lowest BCUT2D eigenvalue weighted by molar-refractivity contribution is 0.276. The number of sulfonamides is 1. The predicted octanol–water partition coefficient (Wildman–Crippen LogP) is 2.34. The second-order valence-electron chi connectivity index (χ2n) is 5.51. The smallest absolute Gasteiger partial charge is 0.244 e. The van der Waals surface area contributed by atoms with Crippen LogP contribution in [0.5, 0.6) is 0 Å². The van der Waals surface area contributed by atoms with Gasteiger partial charge >= 0.3 is 0 Å². The van der Waals surface area contributed by atoms with Crippen LogP contribution in [0, 0.1) is 13.8 Å². The molecule has 0 bridgehead atoms. The molecule has 0 amide bonds. The molecule has 0 saturated heterocycles. The Morgan fingerprint density at radius 3 is 2.38 bits per heavy atom. The molecule has 1 saturated carbocycles. The van der Waals surface area contributed by atoms with Crippen LogP contribution >= 0.6 is 11.8 Å². The predicted molar refractivity (Wildman–Crippen MR) is 84.0 cm³/mol. The van der Waals surface area contributed by atoms with Crippen molar-refractivity contribution in [3.8, 4) is 0 Å². The summed E-state index contributed by atoms with van der Waals surface area (Å²) in [6, 6.07) is -0.0282. The summed E-state index contributed by atoms with van der Waals surface area (Å²) >= 11 is 1.85. The topological polar surface area (TPSA) is 79.5 Å². The van der Waals surface area contributed by atoms with Crippen molar-refractivity contribution in [1.82, 2.24) is 4.72 Å². The van der Waals surface area contributed by atoms with E-state index in [0.29, 0.717) is 22.3 Å². The molecule has 0 atom stereocenters. The number of aryl methyl sites for hydroxylation is 2. The summed E-state index contributed by atoms with van der Waals surface area (Å²) in [7, 11) is -3.65. The Morgan fingerprint density at radius 2 is 1.86 bits per heavy atom. The molecule has 0 aliphatic heterocycles. The van der Waals surface area contributed by atoms with Gasteiger partial charge in [-0.1, -0.05) is 0 Å². The fourth-order valence-electron chi connectivity index (χ4n) is 2.94. The van der Waals surface area contributed by atoms with Crippen LogP contribution < -0.4 is 4.72 Å². The Bertz CT molecular complexity index is 586. The molecule has 120 valence electrons. The van der Waals surface area contributed by atoms with Gasteiger partial charge in [0.1, 0.15) is 16.4 Å². The maximum absolute atomic E-state index is 12.6. The summed E-state index contributed by atoms with van der Waals surface area (Å²) < 4.78 is 33.3. The Labute approximate surface area is 130 Å². The Balaban J connectivity index is 2.16. The Morgan fingerprint density at radius 1 is 1.24 bits per heavy atom. The zero-order valence-electron chi connectivity index (χ0n) is 12.7. The number of thioether (sulfide) groups is 1. The summed E-state index contributed by atoms with van der Waals surface area (Å²) in [6.07, 6.45) is 5.87. The van der Waals surface area contributed by atoms with Crippen molar-refractivity contribution in [3.05, 3.63) is 17.1 Å². The van der Waals surface area contributed by atoms with Crippen LogP contribution in [-0.4, -0.2) is 31.1 Å². The van der Waals surface area contributed by atoms with E-state index < -0.39 is 10.0 Å². The van der Waals surface area contributed by atoms with Crippen LogP contribution in [-0.2, 0) is 16.6 Å². The number of hydrogen-bond acceptors (Lipinski definition) is 5. The summed E-state index contributed by atoms with van der Waals surface area (Å²) in [5.41, 5.74) is 0.359. The van der Waals surface area contributed by atoms with E-state index in [4.69, 9.17) is 4.42 Å². The molecule has 7 heteroatoms. The largest absolute Gasteiger partial charge is 0.465 e. The van der Waals surface area contributed by atoms with Gasteiger partial charge in [0.05, 0.1) is 6.61 Å². The lowest BCUT2D eigenvalue weighted by Gasteiger charge is -2.27. The van der Waals surface area contributed by atoms with Crippen LogP contribution in [0.3, 0.4) is 0 Å². The third kappa shape index (κ3) is 3.64. The molecule has 1 heterocycles. The zero-order valence-corrected chi connectivity index (χ0v) is 14.3. The number of furan rings is 1. The standard InChI is InChI=1S/C14H23NO4S2/c1-9-13(8-16)14(10(2)19-9)21(17,18)15-11-4-6-12(20-3)7-5-11/h11-12,15-16H,4-8H2,1-3H3. The fraction of sp³-hybridized carbons (Fsp3) is 0.714. The monoisotopic (exact) mass is 333 g/mol. The summed E-state index contributed by atoms with van der Waals surface area (Å²) in [5, 5.41) is 10.0. The van der Waals surface area contributed by atoms with Crippen molar-refractivity contribution in [1.29, 1.82) is 0 Å². The highest BCUT2D eigenvalue weighted by Gasteiger charge is 2.30. The molecule has 0 unspecified atom stereocenters. The van der Waals surface area contributed by atoms with E-state index in [2.05, 4.69) is 11.0 Å². The second kappa shape index (κ2) is 6.73. The lowest BCUT2D eigenvalue weighted by Crippen LogP contribution is -2.38. The Hall–Kier alpha value is -0.500. The average molecular weight is 333 g/mol. The van der Waals surface area contributed by atoms with Crippen molar-refractivity contribution in [2.75, 3.05) is 6.26 Å². The van der Waals surface area contributed by atoms with Gasteiger partial charge in [0.25, 0.3) is 0 Å². The number of rotatable bonds is 5. The van der Waals surface area contributed by atoms with Gasteiger partial charge in [0.15, 0.2) is 0 Å². The molecule has 2 rings (SSSR count). The van der Waals surface area contributed by atoms with E-state index in [-0.39, 0.29) is 17.5 Å². The van der Waals surface area contributed by atoms with Crippen LogP contribution in [0.4, 0.5) is 0 Å². The Kier molecular flexibility index (Phi) is 5.40. The molecule has 2 N–H and O–H groups in total. The molecule has 0 radical (unpaired) electrons. The van der Waals surface area contributed by atoms with Gasteiger partial charge in [0, 0.05) is 16.9 Å². The van der Waals surface area contributed by atoms with E-state index in [0.717, 1.165) is 25.7 Å². The number of aliphatic hydroxyl groups excluding tert-OH is 1. The van der Waals surface area contributed by atoms with Crippen molar-refractivity contribution in [2.24, 2.45) is 0 Å². The summed E-state index contributed by atoms with van der Waals surface area (Å²) in [5.74, 6) is 0.795. The highest BCUT2D eigenvalue weighted by atomic mass is 32.2. The van der Waals surface area contributed by atoms with Gasteiger partial charge in [-0.2, -0.15) is 11.8 Å². The van der Waals surface area contributed by atoms with Crippen LogP contribution in [0.1, 0.15) is 42.8 Å². The molecular formula is C14H23NO4S2. The molecule has 1 aromatic rings. The molecule has 1 fully saturated rings. The molecule has 1 aliphatic rings. The first-order chi connectivity index (χ1) is 9.89. The minimum atomic E-state index is -3.65.